The van der Waals surface area contributed by atoms with Crippen molar-refractivity contribution in [3.8, 4) is 0 Å². The number of benzene rings is 2. The maximum Gasteiger partial charge on any atom is 0.254 e. The van der Waals surface area contributed by atoms with Crippen LogP contribution in [0, 0.1) is 0 Å². The Hall–Kier alpha value is -2.53. The number of carbonyl (C=O) groups is 2. The van der Waals surface area contributed by atoms with Crippen LogP contribution in [0.2, 0.25) is 5.02 Å². The van der Waals surface area contributed by atoms with Gasteiger partial charge in [0.2, 0.25) is 5.91 Å². The van der Waals surface area contributed by atoms with Gasteiger partial charge in [0.1, 0.15) is 6.54 Å². The zero-order chi connectivity index (χ0) is 18.8. The summed E-state index contributed by atoms with van der Waals surface area (Å²) in [5.41, 5.74) is 2.56. The number of rotatable bonds is 3. The lowest BCUT2D eigenvalue weighted by Gasteiger charge is -2.34. The number of carbonyl (C=O) groups excluding carboxylic acids is 2. The van der Waals surface area contributed by atoms with E-state index >= 15 is 0 Å². The minimum Gasteiger partial charge on any atom is -0.372 e. The maximum absolute atomic E-state index is 12.8. The first-order chi connectivity index (χ1) is 13.1. The van der Waals surface area contributed by atoms with Gasteiger partial charge in [0, 0.05) is 48.1 Å². The summed E-state index contributed by atoms with van der Waals surface area (Å²) in [6.07, 6.45) is 2.44. The highest BCUT2D eigenvalue weighted by Crippen LogP contribution is 2.23. The van der Waals surface area contributed by atoms with Crippen LogP contribution in [0.1, 0.15) is 23.2 Å². The van der Waals surface area contributed by atoms with E-state index in [1.165, 1.54) is 12.8 Å². The molecule has 2 aromatic carbocycles. The molecule has 2 saturated heterocycles. The molecule has 0 unspecified atom stereocenters. The van der Waals surface area contributed by atoms with Gasteiger partial charge in [-0.25, -0.2) is 0 Å². The van der Waals surface area contributed by atoms with E-state index in [1.807, 2.05) is 36.4 Å². The highest BCUT2D eigenvalue weighted by molar-refractivity contribution is 6.30. The van der Waals surface area contributed by atoms with Crippen LogP contribution >= 0.6 is 11.6 Å². The van der Waals surface area contributed by atoms with Gasteiger partial charge in [-0.3, -0.25) is 9.59 Å². The second-order valence-electron chi connectivity index (χ2n) is 6.99. The Balaban J connectivity index is 1.42. The Morgan fingerprint density at radius 2 is 1.63 bits per heavy atom. The standard InChI is InChI=1S/C21H22ClN3O2/c22-17-4-3-5-19(14-17)25-13-12-24(15-20(25)26)21(27)16-6-8-18(9-7-16)23-10-1-2-11-23/h3-9,14H,1-2,10-13,15H2. The van der Waals surface area contributed by atoms with E-state index in [0.29, 0.717) is 23.7 Å². The highest BCUT2D eigenvalue weighted by Gasteiger charge is 2.28. The lowest BCUT2D eigenvalue weighted by atomic mass is 10.1. The van der Waals surface area contributed by atoms with Crippen molar-refractivity contribution in [1.82, 2.24) is 4.90 Å². The number of piperazine rings is 1. The molecule has 6 heteroatoms. The van der Waals surface area contributed by atoms with E-state index in [2.05, 4.69) is 4.90 Å². The third kappa shape index (κ3) is 3.78. The first-order valence-electron chi connectivity index (χ1n) is 9.32. The fourth-order valence-corrected chi connectivity index (χ4v) is 3.92. The Bertz CT molecular complexity index is 847. The quantitative estimate of drug-likeness (QED) is 0.815. The second kappa shape index (κ2) is 7.61. The summed E-state index contributed by atoms with van der Waals surface area (Å²) in [4.78, 5) is 31.0. The largest absolute Gasteiger partial charge is 0.372 e. The molecule has 0 radical (unpaired) electrons. The van der Waals surface area contributed by atoms with E-state index < -0.39 is 0 Å². The molecule has 2 heterocycles. The lowest BCUT2D eigenvalue weighted by molar-refractivity contribution is -0.120. The molecule has 0 atom stereocenters. The van der Waals surface area contributed by atoms with Crippen LogP contribution in [0.15, 0.2) is 48.5 Å². The second-order valence-corrected chi connectivity index (χ2v) is 7.43. The van der Waals surface area contributed by atoms with Crippen LogP contribution in [0.3, 0.4) is 0 Å². The van der Waals surface area contributed by atoms with Gasteiger partial charge in [-0.15, -0.1) is 0 Å². The van der Waals surface area contributed by atoms with Crippen LogP contribution in [0.25, 0.3) is 0 Å². The van der Waals surface area contributed by atoms with E-state index in [0.717, 1.165) is 24.5 Å². The average molecular weight is 384 g/mol. The third-order valence-electron chi connectivity index (χ3n) is 5.21. The third-order valence-corrected chi connectivity index (χ3v) is 5.45. The van der Waals surface area contributed by atoms with Gasteiger partial charge < -0.3 is 14.7 Å². The molecule has 0 aliphatic carbocycles. The summed E-state index contributed by atoms with van der Waals surface area (Å²) < 4.78 is 0. The van der Waals surface area contributed by atoms with Gasteiger partial charge >= 0.3 is 0 Å². The smallest absolute Gasteiger partial charge is 0.254 e. The summed E-state index contributed by atoms with van der Waals surface area (Å²) in [5.74, 6) is -0.187. The molecule has 0 bridgehead atoms. The lowest BCUT2D eigenvalue weighted by Crippen LogP contribution is -2.52. The van der Waals surface area contributed by atoms with Gasteiger partial charge in [0.25, 0.3) is 5.91 Å². The van der Waals surface area contributed by atoms with Crippen molar-refractivity contribution in [3.05, 3.63) is 59.1 Å². The van der Waals surface area contributed by atoms with Gasteiger partial charge in [-0.2, -0.15) is 0 Å². The Kier molecular flexibility index (Phi) is 5.03. The molecule has 0 aromatic heterocycles. The summed E-state index contributed by atoms with van der Waals surface area (Å²) in [6.45, 7) is 3.21. The normalized spacial score (nSPS) is 17.5. The van der Waals surface area contributed by atoms with E-state index in [-0.39, 0.29) is 18.4 Å². The van der Waals surface area contributed by atoms with Crippen LogP contribution in [0.4, 0.5) is 11.4 Å². The molecule has 140 valence electrons. The Labute approximate surface area is 164 Å². The number of amides is 2. The van der Waals surface area contributed by atoms with Crippen molar-refractivity contribution in [2.24, 2.45) is 0 Å². The monoisotopic (exact) mass is 383 g/mol. The molecule has 0 N–H and O–H groups in total. The minimum atomic E-state index is -0.0953. The zero-order valence-corrected chi connectivity index (χ0v) is 15.9. The minimum absolute atomic E-state index is 0.0826. The Morgan fingerprint density at radius 1 is 0.889 bits per heavy atom. The summed E-state index contributed by atoms with van der Waals surface area (Å²) >= 11 is 6.02. The molecule has 0 saturated carbocycles. The molecular formula is C21H22ClN3O2. The van der Waals surface area contributed by atoms with E-state index in [1.54, 1.807) is 21.9 Å². The van der Waals surface area contributed by atoms with Gasteiger partial charge in [0.15, 0.2) is 0 Å². The van der Waals surface area contributed by atoms with Gasteiger partial charge in [-0.1, -0.05) is 17.7 Å². The van der Waals surface area contributed by atoms with Crippen LogP contribution in [-0.2, 0) is 4.79 Å². The highest BCUT2D eigenvalue weighted by atomic mass is 35.5. The molecule has 0 spiro atoms. The SMILES string of the molecule is O=C(c1ccc(N2CCCC2)cc1)N1CCN(c2cccc(Cl)c2)C(=O)C1. The number of halogens is 1. The number of hydrogen-bond donors (Lipinski definition) is 0. The van der Waals surface area contributed by atoms with Crippen molar-refractivity contribution in [2.75, 3.05) is 42.5 Å². The number of nitrogens with zero attached hydrogens (tertiary/aromatic N) is 3. The molecule has 2 aromatic rings. The molecule has 4 rings (SSSR count). The van der Waals surface area contributed by atoms with Crippen molar-refractivity contribution in [3.63, 3.8) is 0 Å². The predicted molar refractivity (Wildman–Crippen MR) is 108 cm³/mol. The molecule has 27 heavy (non-hydrogen) atoms. The van der Waals surface area contributed by atoms with Crippen molar-refractivity contribution >= 4 is 34.8 Å². The molecule has 2 aliphatic heterocycles. The van der Waals surface area contributed by atoms with Crippen LogP contribution in [0.5, 0.6) is 0 Å². The van der Waals surface area contributed by atoms with Crippen LogP contribution < -0.4 is 9.80 Å². The summed E-state index contributed by atoms with van der Waals surface area (Å²) in [6, 6.07) is 15.0. The van der Waals surface area contributed by atoms with Gasteiger partial charge in [0.05, 0.1) is 0 Å². The van der Waals surface area contributed by atoms with Crippen molar-refractivity contribution in [1.29, 1.82) is 0 Å². The van der Waals surface area contributed by atoms with Crippen molar-refractivity contribution < 1.29 is 9.59 Å². The molecule has 2 fully saturated rings. The van der Waals surface area contributed by atoms with E-state index in [9.17, 15) is 9.59 Å². The first-order valence-corrected chi connectivity index (χ1v) is 9.70. The molecular weight excluding hydrogens is 362 g/mol. The first kappa shape index (κ1) is 17.9. The van der Waals surface area contributed by atoms with Crippen molar-refractivity contribution in [2.45, 2.75) is 12.8 Å². The predicted octanol–water partition coefficient (Wildman–Crippen LogP) is 3.43. The molecule has 5 nitrogen and oxygen atoms in total. The topological polar surface area (TPSA) is 43.9 Å². The summed E-state index contributed by atoms with van der Waals surface area (Å²) in [5, 5.41) is 0.594. The van der Waals surface area contributed by atoms with Crippen LogP contribution in [-0.4, -0.2) is 49.4 Å². The average Bonchev–Trinajstić information content (AvgIpc) is 3.22. The fraction of sp³-hybridized carbons (Fsp3) is 0.333. The summed E-state index contributed by atoms with van der Waals surface area (Å²) in [7, 11) is 0. The Morgan fingerprint density at radius 3 is 2.30 bits per heavy atom. The van der Waals surface area contributed by atoms with E-state index in [4.69, 9.17) is 11.6 Å². The fourth-order valence-electron chi connectivity index (χ4n) is 3.74. The molecule has 2 aliphatic rings. The zero-order valence-electron chi connectivity index (χ0n) is 15.1. The van der Waals surface area contributed by atoms with Gasteiger partial charge in [-0.05, 0) is 55.3 Å². The number of hydrogen-bond acceptors (Lipinski definition) is 3. The molecule has 2 amide bonds. The maximum atomic E-state index is 12.8. The number of anilines is 2.